The van der Waals surface area contributed by atoms with E-state index in [4.69, 9.17) is 33.2 Å². The quantitative estimate of drug-likeness (QED) is 0.135. The van der Waals surface area contributed by atoms with Gasteiger partial charge in [-0.1, -0.05) is 48.5 Å². The molecule has 0 fully saturated rings. The van der Waals surface area contributed by atoms with Crippen LogP contribution in [0, 0.1) is 0 Å². The first-order valence-electron chi connectivity index (χ1n) is 16.8. The van der Waals surface area contributed by atoms with Gasteiger partial charge in [0.05, 0.1) is 89.5 Å². The van der Waals surface area contributed by atoms with Crippen LogP contribution in [0.4, 0.5) is 0 Å². The van der Waals surface area contributed by atoms with Crippen molar-refractivity contribution in [1.82, 2.24) is 0 Å². The van der Waals surface area contributed by atoms with Gasteiger partial charge in [-0.2, -0.15) is 0 Å². The number of benzene rings is 2. The fraction of sp³-hybridized carbons (Fsp3) is 0.684. The summed E-state index contributed by atoms with van der Waals surface area (Å²) in [6, 6.07) is 17.1. The van der Waals surface area contributed by atoms with Crippen LogP contribution in [-0.2, 0) is 46.4 Å². The van der Waals surface area contributed by atoms with Gasteiger partial charge in [-0.3, -0.25) is 0 Å². The van der Waals surface area contributed by atoms with Crippen molar-refractivity contribution in [2.24, 2.45) is 0 Å². The summed E-state index contributed by atoms with van der Waals surface area (Å²) >= 11 is 0. The number of hydrogen-bond acceptors (Lipinski definition) is 7. The van der Waals surface area contributed by atoms with Gasteiger partial charge in [0.25, 0.3) is 0 Å². The van der Waals surface area contributed by atoms with E-state index in [9.17, 15) is 0 Å². The summed E-state index contributed by atoms with van der Waals surface area (Å²) in [6.45, 7) is 29.8. The topological polar surface area (TPSA) is 64.6 Å². The molecule has 0 radical (unpaired) electrons. The van der Waals surface area contributed by atoms with Crippen LogP contribution in [-0.4, -0.2) is 76.3 Å². The van der Waals surface area contributed by atoms with Crippen LogP contribution < -0.4 is 0 Å². The maximum Gasteiger partial charge on any atom is 0.0720 e. The molecule has 0 atom stereocenters. The molecule has 0 spiro atoms. The number of rotatable bonds is 20. The molecular formula is C38H66O7. The van der Waals surface area contributed by atoms with Gasteiger partial charge in [0.2, 0.25) is 0 Å². The predicted molar refractivity (Wildman–Crippen MR) is 187 cm³/mol. The Balaban J connectivity index is 0.000000718. The Morgan fingerprint density at radius 1 is 0.333 bits per heavy atom. The Bertz CT molecular complexity index is 831. The zero-order valence-electron chi connectivity index (χ0n) is 30.6. The Hall–Kier alpha value is -1.84. The zero-order chi connectivity index (χ0) is 34.0. The second-order valence-electron chi connectivity index (χ2n) is 12.4. The van der Waals surface area contributed by atoms with Gasteiger partial charge in [0.15, 0.2) is 0 Å². The Morgan fingerprint density at radius 3 is 0.822 bits per heavy atom. The predicted octanol–water partition coefficient (Wildman–Crippen LogP) is 8.89. The second kappa shape index (κ2) is 27.3. The average Bonchev–Trinajstić information content (AvgIpc) is 2.97. The molecule has 0 unspecified atom stereocenters. The smallest absolute Gasteiger partial charge is 0.0720 e. The van der Waals surface area contributed by atoms with Crippen molar-refractivity contribution >= 4 is 0 Å². The Morgan fingerprint density at radius 2 is 0.578 bits per heavy atom. The lowest BCUT2D eigenvalue weighted by Crippen LogP contribution is -2.13. The first-order chi connectivity index (χ1) is 21.3. The molecular weight excluding hydrogens is 568 g/mol. The molecule has 0 saturated heterocycles. The van der Waals surface area contributed by atoms with Crippen molar-refractivity contribution in [2.75, 3.05) is 39.6 Å². The van der Waals surface area contributed by atoms with E-state index in [1.165, 1.54) is 22.3 Å². The SMILES string of the molecule is CC(C)OCCOC(C)C.CC(C)OCCOCCOC(C)C.CC(C)OCc1ccc(-c2ccc(COC(C)C)cc2)cc1. The molecule has 0 aliphatic heterocycles. The van der Waals surface area contributed by atoms with Gasteiger partial charge in [0.1, 0.15) is 0 Å². The molecule has 0 amide bonds. The molecule has 7 heteroatoms. The van der Waals surface area contributed by atoms with Crippen LogP contribution in [0.2, 0.25) is 0 Å². The van der Waals surface area contributed by atoms with E-state index >= 15 is 0 Å². The molecule has 7 nitrogen and oxygen atoms in total. The fourth-order valence-corrected chi connectivity index (χ4v) is 3.47. The third kappa shape index (κ3) is 28.1. The highest BCUT2D eigenvalue weighted by atomic mass is 16.5. The van der Waals surface area contributed by atoms with Crippen molar-refractivity contribution in [3.05, 3.63) is 59.7 Å². The minimum absolute atomic E-state index is 0.264. The lowest BCUT2D eigenvalue weighted by atomic mass is 10.0. The largest absolute Gasteiger partial charge is 0.377 e. The van der Waals surface area contributed by atoms with Crippen LogP contribution in [0.3, 0.4) is 0 Å². The maximum atomic E-state index is 5.62. The van der Waals surface area contributed by atoms with Gasteiger partial charge in [-0.05, 0) is 105 Å². The highest BCUT2D eigenvalue weighted by Gasteiger charge is 2.02. The van der Waals surface area contributed by atoms with E-state index in [0.29, 0.717) is 65.1 Å². The molecule has 0 bridgehead atoms. The van der Waals surface area contributed by atoms with Gasteiger partial charge in [-0.15, -0.1) is 0 Å². The fourth-order valence-electron chi connectivity index (χ4n) is 3.47. The van der Waals surface area contributed by atoms with Crippen LogP contribution in [0.25, 0.3) is 11.1 Å². The van der Waals surface area contributed by atoms with E-state index in [1.807, 2.05) is 55.4 Å². The van der Waals surface area contributed by atoms with Crippen molar-refractivity contribution in [3.8, 4) is 11.1 Å². The minimum Gasteiger partial charge on any atom is -0.377 e. The summed E-state index contributed by atoms with van der Waals surface area (Å²) < 4.78 is 37.7. The van der Waals surface area contributed by atoms with Gasteiger partial charge >= 0.3 is 0 Å². The van der Waals surface area contributed by atoms with E-state index in [2.05, 4.69) is 76.2 Å². The molecule has 45 heavy (non-hydrogen) atoms. The second-order valence-corrected chi connectivity index (χ2v) is 12.4. The highest BCUT2D eigenvalue weighted by Crippen LogP contribution is 2.21. The minimum atomic E-state index is 0.264. The highest BCUT2D eigenvalue weighted by molar-refractivity contribution is 5.63. The standard InChI is InChI=1S/C20H26O2.C10H22O3.C8H18O2/c1-15(2)21-13-17-5-9-19(10-6-17)20-11-7-18(8-12-20)14-22-16(3)4;1-9(2)12-7-5-11-6-8-13-10(3)4;1-7(2)9-5-6-10-8(3)4/h5-12,15-16H,13-14H2,1-4H3;9-10H,5-8H2,1-4H3;7-8H,5-6H2,1-4H3. The van der Waals surface area contributed by atoms with Crippen molar-refractivity contribution < 1.29 is 33.2 Å². The summed E-state index contributed by atoms with van der Waals surface area (Å²) in [4.78, 5) is 0. The summed E-state index contributed by atoms with van der Waals surface area (Å²) in [5.41, 5.74) is 4.87. The van der Waals surface area contributed by atoms with Gasteiger partial charge < -0.3 is 33.2 Å². The third-order valence-corrected chi connectivity index (χ3v) is 5.75. The van der Waals surface area contributed by atoms with Crippen molar-refractivity contribution in [2.45, 2.75) is 133 Å². The normalized spacial score (nSPS) is 11.4. The molecule has 0 heterocycles. The van der Waals surface area contributed by atoms with E-state index in [1.54, 1.807) is 0 Å². The summed E-state index contributed by atoms with van der Waals surface area (Å²) in [6.07, 6.45) is 1.73. The number of ether oxygens (including phenoxy) is 7. The maximum absolute atomic E-state index is 5.62. The van der Waals surface area contributed by atoms with E-state index in [-0.39, 0.29) is 24.4 Å². The molecule has 260 valence electrons. The molecule has 0 aliphatic rings. The lowest BCUT2D eigenvalue weighted by molar-refractivity contribution is -0.0124. The first kappa shape index (κ1) is 43.2. The van der Waals surface area contributed by atoms with Gasteiger partial charge in [0, 0.05) is 0 Å². The summed E-state index contributed by atoms with van der Waals surface area (Å²) in [5.74, 6) is 0. The third-order valence-electron chi connectivity index (χ3n) is 5.75. The molecule has 2 aromatic rings. The van der Waals surface area contributed by atoms with Crippen LogP contribution in [0.5, 0.6) is 0 Å². The summed E-state index contributed by atoms with van der Waals surface area (Å²) in [7, 11) is 0. The average molecular weight is 635 g/mol. The van der Waals surface area contributed by atoms with Crippen LogP contribution in [0.1, 0.15) is 94.2 Å². The molecule has 0 aromatic heterocycles. The van der Waals surface area contributed by atoms with Crippen molar-refractivity contribution in [3.63, 3.8) is 0 Å². The lowest BCUT2D eigenvalue weighted by Gasteiger charge is -2.10. The monoisotopic (exact) mass is 634 g/mol. The molecule has 0 N–H and O–H groups in total. The molecule has 0 aliphatic carbocycles. The Kier molecular flexibility index (Phi) is 26.2. The summed E-state index contributed by atoms with van der Waals surface area (Å²) in [5, 5.41) is 0. The van der Waals surface area contributed by atoms with E-state index in [0.717, 1.165) is 0 Å². The van der Waals surface area contributed by atoms with Crippen LogP contribution in [0.15, 0.2) is 48.5 Å². The van der Waals surface area contributed by atoms with E-state index < -0.39 is 0 Å². The number of hydrogen-bond donors (Lipinski definition) is 0. The molecule has 0 saturated carbocycles. The molecule has 2 rings (SSSR count). The van der Waals surface area contributed by atoms with Crippen molar-refractivity contribution in [1.29, 1.82) is 0 Å². The van der Waals surface area contributed by atoms with Gasteiger partial charge in [-0.25, -0.2) is 0 Å². The Labute approximate surface area is 276 Å². The first-order valence-corrected chi connectivity index (χ1v) is 16.8. The van der Waals surface area contributed by atoms with Crippen LogP contribution >= 0.6 is 0 Å². The molecule has 2 aromatic carbocycles. The zero-order valence-corrected chi connectivity index (χ0v) is 30.6.